The molecule has 7 nitrogen and oxygen atoms in total. The molecular formula is C12H19N5O2S. The second-order valence-electron chi connectivity index (χ2n) is 5.44. The normalized spacial score (nSPS) is 18.9. The van der Waals surface area contributed by atoms with E-state index in [1.165, 1.54) is 16.8 Å². The van der Waals surface area contributed by atoms with E-state index in [4.69, 9.17) is 5.26 Å². The number of nitrogens with zero attached hydrogens (tertiary/aromatic N) is 5. The Morgan fingerprint density at radius 1 is 1.30 bits per heavy atom. The van der Waals surface area contributed by atoms with Crippen LogP contribution in [0.5, 0.6) is 0 Å². The molecule has 1 saturated heterocycles. The summed E-state index contributed by atoms with van der Waals surface area (Å²) < 4.78 is 27.8. The average molecular weight is 297 g/mol. The predicted octanol–water partition coefficient (Wildman–Crippen LogP) is 0.0286. The molecule has 0 unspecified atom stereocenters. The Morgan fingerprint density at radius 3 is 2.35 bits per heavy atom. The van der Waals surface area contributed by atoms with Gasteiger partial charge in [-0.05, 0) is 13.8 Å². The van der Waals surface area contributed by atoms with Gasteiger partial charge in [0.2, 0.25) is 0 Å². The summed E-state index contributed by atoms with van der Waals surface area (Å²) in [4.78, 5) is 5.91. The number of hydrogen-bond donors (Lipinski definition) is 0. The molecule has 1 aromatic rings. The van der Waals surface area contributed by atoms with Gasteiger partial charge in [0.1, 0.15) is 5.54 Å². The van der Waals surface area contributed by atoms with E-state index in [-0.39, 0.29) is 5.03 Å². The monoisotopic (exact) mass is 297 g/mol. The van der Waals surface area contributed by atoms with Crippen LogP contribution in [0.15, 0.2) is 17.6 Å². The summed E-state index contributed by atoms with van der Waals surface area (Å²) in [5, 5.41) is 9.19. The molecule has 0 aliphatic carbocycles. The Morgan fingerprint density at radius 2 is 1.90 bits per heavy atom. The molecule has 0 atom stereocenters. The molecule has 8 heteroatoms. The first-order valence-electron chi connectivity index (χ1n) is 6.42. The van der Waals surface area contributed by atoms with E-state index in [0.717, 1.165) is 0 Å². The molecule has 1 fully saturated rings. The zero-order valence-electron chi connectivity index (χ0n) is 11.9. The summed E-state index contributed by atoms with van der Waals surface area (Å²) in [6.07, 6.45) is 2.98. The highest BCUT2D eigenvalue weighted by Crippen LogP contribution is 2.20. The van der Waals surface area contributed by atoms with E-state index < -0.39 is 15.6 Å². The van der Waals surface area contributed by atoms with Gasteiger partial charge in [-0.15, -0.1) is 0 Å². The highest BCUT2D eigenvalue weighted by molar-refractivity contribution is 7.89. The lowest BCUT2D eigenvalue weighted by Crippen LogP contribution is -2.55. The van der Waals surface area contributed by atoms with Gasteiger partial charge in [0.25, 0.3) is 10.0 Å². The lowest BCUT2D eigenvalue weighted by atomic mass is 10.0. The van der Waals surface area contributed by atoms with Crippen molar-refractivity contribution in [2.45, 2.75) is 24.4 Å². The zero-order chi connectivity index (χ0) is 15.0. The Bertz CT molecular complexity index is 621. The van der Waals surface area contributed by atoms with Crippen molar-refractivity contribution in [2.75, 3.05) is 26.2 Å². The van der Waals surface area contributed by atoms with Gasteiger partial charge in [0, 0.05) is 39.4 Å². The number of imidazole rings is 1. The quantitative estimate of drug-likeness (QED) is 0.786. The molecule has 1 aliphatic heterocycles. The van der Waals surface area contributed by atoms with Gasteiger partial charge in [-0.25, -0.2) is 13.4 Å². The smallest absolute Gasteiger partial charge is 0.262 e. The Balaban J connectivity index is 2.10. The number of hydrogen-bond acceptors (Lipinski definition) is 5. The molecule has 0 saturated carbocycles. The largest absolute Gasteiger partial charge is 0.339 e. The minimum absolute atomic E-state index is 0.0768. The third-order valence-corrected chi connectivity index (χ3v) is 5.37. The number of piperazine rings is 1. The molecule has 0 spiro atoms. The Labute approximate surface area is 119 Å². The molecule has 0 N–H and O–H groups in total. The van der Waals surface area contributed by atoms with Crippen molar-refractivity contribution < 1.29 is 8.42 Å². The molecule has 0 aromatic carbocycles. The highest BCUT2D eigenvalue weighted by atomic mass is 32.2. The maximum Gasteiger partial charge on any atom is 0.262 e. The molecule has 1 aliphatic rings. The molecule has 2 rings (SSSR count). The van der Waals surface area contributed by atoms with Gasteiger partial charge in [-0.2, -0.15) is 9.57 Å². The minimum Gasteiger partial charge on any atom is -0.339 e. The third kappa shape index (κ3) is 2.70. The van der Waals surface area contributed by atoms with Crippen molar-refractivity contribution in [3.8, 4) is 6.07 Å². The van der Waals surface area contributed by atoms with Crippen molar-refractivity contribution in [2.24, 2.45) is 7.05 Å². The number of sulfonamides is 1. The van der Waals surface area contributed by atoms with Crippen LogP contribution in [-0.2, 0) is 17.1 Å². The van der Waals surface area contributed by atoms with Gasteiger partial charge in [-0.3, -0.25) is 4.90 Å². The van der Waals surface area contributed by atoms with Crippen LogP contribution in [0.2, 0.25) is 0 Å². The van der Waals surface area contributed by atoms with Crippen LogP contribution in [0, 0.1) is 11.3 Å². The second-order valence-corrected chi connectivity index (χ2v) is 7.32. The first-order valence-corrected chi connectivity index (χ1v) is 7.86. The van der Waals surface area contributed by atoms with Crippen molar-refractivity contribution in [3.05, 3.63) is 12.5 Å². The summed E-state index contributed by atoms with van der Waals surface area (Å²) in [6, 6.07) is 2.24. The zero-order valence-corrected chi connectivity index (χ0v) is 12.8. The summed E-state index contributed by atoms with van der Waals surface area (Å²) in [7, 11) is -1.79. The molecule has 1 aromatic heterocycles. The van der Waals surface area contributed by atoms with Crippen molar-refractivity contribution >= 4 is 10.0 Å². The van der Waals surface area contributed by atoms with Crippen LogP contribution >= 0.6 is 0 Å². The van der Waals surface area contributed by atoms with Crippen LogP contribution in [0.4, 0.5) is 0 Å². The fraction of sp³-hybridized carbons (Fsp3) is 0.667. The van der Waals surface area contributed by atoms with Gasteiger partial charge >= 0.3 is 0 Å². The van der Waals surface area contributed by atoms with Crippen molar-refractivity contribution in [1.29, 1.82) is 5.26 Å². The van der Waals surface area contributed by atoms with Gasteiger partial charge in [0.05, 0.1) is 12.4 Å². The molecule has 20 heavy (non-hydrogen) atoms. The number of aryl methyl sites for hydroxylation is 1. The van der Waals surface area contributed by atoms with E-state index in [9.17, 15) is 8.42 Å². The summed E-state index contributed by atoms with van der Waals surface area (Å²) >= 11 is 0. The first kappa shape index (κ1) is 15.0. The van der Waals surface area contributed by atoms with Crippen LogP contribution < -0.4 is 0 Å². The Hall–Kier alpha value is -1.43. The maximum atomic E-state index is 12.4. The first-order chi connectivity index (χ1) is 9.27. The van der Waals surface area contributed by atoms with Crippen molar-refractivity contribution in [1.82, 2.24) is 18.8 Å². The summed E-state index contributed by atoms with van der Waals surface area (Å²) in [6.45, 7) is 5.54. The van der Waals surface area contributed by atoms with E-state index in [1.54, 1.807) is 11.6 Å². The lowest BCUT2D eigenvalue weighted by molar-refractivity contribution is 0.115. The number of rotatable bonds is 3. The van der Waals surface area contributed by atoms with E-state index in [0.29, 0.717) is 26.2 Å². The minimum atomic E-state index is -3.53. The molecular weight excluding hydrogens is 278 g/mol. The molecule has 2 heterocycles. The topological polar surface area (TPSA) is 82.2 Å². The van der Waals surface area contributed by atoms with Crippen molar-refractivity contribution in [3.63, 3.8) is 0 Å². The van der Waals surface area contributed by atoms with E-state index >= 15 is 0 Å². The fourth-order valence-corrected chi connectivity index (χ4v) is 3.60. The van der Waals surface area contributed by atoms with E-state index in [1.807, 2.05) is 18.7 Å². The number of aromatic nitrogens is 2. The molecule has 0 radical (unpaired) electrons. The van der Waals surface area contributed by atoms with Crippen LogP contribution in [0.1, 0.15) is 13.8 Å². The SMILES string of the molecule is Cn1cnc(S(=O)(=O)N2CCN(C(C)(C)C#N)CC2)c1. The maximum absolute atomic E-state index is 12.4. The molecule has 110 valence electrons. The summed E-state index contributed by atoms with van der Waals surface area (Å²) in [5.74, 6) is 0. The third-order valence-electron chi connectivity index (χ3n) is 3.59. The van der Waals surface area contributed by atoms with Gasteiger partial charge in [0.15, 0.2) is 5.03 Å². The second kappa shape index (κ2) is 5.16. The van der Waals surface area contributed by atoms with E-state index in [2.05, 4.69) is 11.1 Å². The summed E-state index contributed by atoms with van der Waals surface area (Å²) in [5.41, 5.74) is -0.569. The molecule has 0 bridgehead atoms. The Kier molecular flexibility index (Phi) is 3.86. The average Bonchev–Trinajstić information content (AvgIpc) is 2.86. The fourth-order valence-electron chi connectivity index (χ4n) is 2.21. The number of nitriles is 1. The van der Waals surface area contributed by atoms with Crippen LogP contribution in [0.25, 0.3) is 0 Å². The molecule has 0 amide bonds. The van der Waals surface area contributed by atoms with Crippen LogP contribution in [0.3, 0.4) is 0 Å². The van der Waals surface area contributed by atoms with Gasteiger partial charge < -0.3 is 4.57 Å². The predicted molar refractivity (Wildman–Crippen MR) is 73.2 cm³/mol. The standard InChI is InChI=1S/C12H19N5O2S/c1-12(2,9-13)16-4-6-17(7-5-16)20(18,19)11-8-15(3)10-14-11/h8,10H,4-7H2,1-3H3. The van der Waals surface area contributed by atoms with Crippen LogP contribution in [-0.4, -0.2) is 58.9 Å². The highest BCUT2D eigenvalue weighted by Gasteiger charge is 2.35. The van der Waals surface area contributed by atoms with Gasteiger partial charge in [-0.1, -0.05) is 0 Å². The lowest BCUT2D eigenvalue weighted by Gasteiger charge is -2.39.